The second-order valence-corrected chi connectivity index (χ2v) is 18.9. The van der Waals surface area contributed by atoms with Crippen molar-refractivity contribution < 1.29 is 27.9 Å². The number of aliphatic hydroxyl groups is 1. The number of ketones is 1. The van der Waals surface area contributed by atoms with Crippen molar-refractivity contribution in [3.63, 3.8) is 0 Å². The molecular formula is C41H57F3N2O3. The van der Waals surface area contributed by atoms with Crippen molar-refractivity contribution >= 4 is 17.4 Å². The van der Waals surface area contributed by atoms with E-state index in [-0.39, 0.29) is 68.3 Å². The van der Waals surface area contributed by atoms with Crippen LogP contribution in [0.4, 0.5) is 18.9 Å². The van der Waals surface area contributed by atoms with E-state index < -0.39 is 17.2 Å². The highest BCUT2D eigenvalue weighted by Crippen LogP contribution is 2.75. The van der Waals surface area contributed by atoms with Gasteiger partial charge in [-0.2, -0.15) is 13.2 Å². The highest BCUT2D eigenvalue weighted by molar-refractivity contribution is 5.96. The minimum Gasteiger partial charge on any atom is -0.393 e. The predicted molar refractivity (Wildman–Crippen MR) is 186 cm³/mol. The van der Waals surface area contributed by atoms with Gasteiger partial charge in [0.2, 0.25) is 5.91 Å². The Morgan fingerprint density at radius 1 is 0.857 bits per heavy atom. The van der Waals surface area contributed by atoms with Crippen molar-refractivity contribution in [2.24, 2.45) is 50.2 Å². The predicted octanol–water partition coefficient (Wildman–Crippen LogP) is 8.70. The number of aliphatic hydroxyl groups excluding tert-OH is 1. The number of fused-ring (bicyclic) bond motifs is 7. The van der Waals surface area contributed by atoms with Crippen LogP contribution in [-0.4, -0.2) is 54.0 Å². The molecule has 1 aromatic carbocycles. The summed E-state index contributed by atoms with van der Waals surface area (Å²) in [4.78, 5) is 32.7. The molecule has 0 bridgehead atoms. The van der Waals surface area contributed by atoms with Gasteiger partial charge in [0, 0.05) is 43.2 Å². The standard InChI is InChI=1S/C41H57F3N2O3/c1-35(2)31-12-15-40(7)33(38(31,5)14-13-32(35)48)30(47)24-27-28-25-37(4,17-16-36(28,3)18-19-39(27,40)6)34(49)46-22-20-45(21-23-46)29-11-9-8-10-26(29)41(42,43)44/h8-11,24,28,31-33,48H,12-23,25H2,1-7H3/t28-,31-,32-,33+,36+,37-,38-,39+,40+/m0/s1. The van der Waals surface area contributed by atoms with Gasteiger partial charge in [0.05, 0.1) is 11.7 Å². The van der Waals surface area contributed by atoms with E-state index in [0.717, 1.165) is 57.4 Å². The topological polar surface area (TPSA) is 60.9 Å². The molecule has 7 rings (SSSR count). The van der Waals surface area contributed by atoms with Crippen LogP contribution in [0.15, 0.2) is 35.9 Å². The van der Waals surface area contributed by atoms with Gasteiger partial charge in [-0.15, -0.1) is 0 Å². The van der Waals surface area contributed by atoms with Crippen LogP contribution in [0.3, 0.4) is 0 Å². The maximum absolute atomic E-state index is 14.6. The first kappa shape index (κ1) is 35.1. The molecule has 0 spiro atoms. The Morgan fingerprint density at radius 3 is 2.18 bits per heavy atom. The van der Waals surface area contributed by atoms with Crippen LogP contribution < -0.4 is 4.90 Å². The number of para-hydroxylation sites is 1. The first-order chi connectivity index (χ1) is 22.7. The minimum atomic E-state index is -4.43. The lowest BCUT2D eigenvalue weighted by Gasteiger charge is -2.70. The second-order valence-electron chi connectivity index (χ2n) is 18.9. The van der Waals surface area contributed by atoms with Crippen molar-refractivity contribution in [3.05, 3.63) is 41.5 Å². The molecule has 1 aliphatic heterocycles. The first-order valence-electron chi connectivity index (χ1n) is 18.9. The summed E-state index contributed by atoms with van der Waals surface area (Å²) in [6.45, 7) is 17.6. The Bertz CT molecular complexity index is 1560. The molecule has 0 radical (unpaired) electrons. The van der Waals surface area contributed by atoms with Gasteiger partial charge in [-0.1, -0.05) is 66.2 Å². The van der Waals surface area contributed by atoms with Gasteiger partial charge in [-0.05, 0) is 115 Å². The van der Waals surface area contributed by atoms with E-state index in [1.54, 1.807) is 11.0 Å². The zero-order valence-electron chi connectivity index (χ0n) is 30.7. The van der Waals surface area contributed by atoms with Gasteiger partial charge in [-0.3, -0.25) is 9.59 Å². The third-order valence-corrected chi connectivity index (χ3v) is 16.2. The molecule has 1 N–H and O–H groups in total. The summed E-state index contributed by atoms with van der Waals surface area (Å²) in [5.41, 5.74) is -0.498. The van der Waals surface area contributed by atoms with Crippen LogP contribution in [0.2, 0.25) is 0 Å². The lowest BCUT2D eigenvalue weighted by Crippen LogP contribution is -2.66. The molecule has 5 fully saturated rings. The highest BCUT2D eigenvalue weighted by atomic mass is 19.4. The molecular weight excluding hydrogens is 625 g/mol. The first-order valence-corrected chi connectivity index (χ1v) is 18.9. The highest BCUT2D eigenvalue weighted by Gasteiger charge is 2.70. The monoisotopic (exact) mass is 682 g/mol. The maximum atomic E-state index is 14.6. The number of halogens is 3. The van der Waals surface area contributed by atoms with Crippen molar-refractivity contribution in [1.29, 1.82) is 0 Å². The van der Waals surface area contributed by atoms with E-state index in [1.807, 2.05) is 11.0 Å². The number of rotatable bonds is 2. The molecule has 1 heterocycles. The average molecular weight is 683 g/mol. The number of amides is 1. The second kappa shape index (κ2) is 11.1. The van der Waals surface area contributed by atoms with Crippen LogP contribution in [0.25, 0.3) is 0 Å². The van der Waals surface area contributed by atoms with Crippen LogP contribution in [0, 0.1) is 50.2 Å². The van der Waals surface area contributed by atoms with E-state index >= 15 is 0 Å². The average Bonchev–Trinajstić information content (AvgIpc) is 3.04. The van der Waals surface area contributed by atoms with Crippen molar-refractivity contribution in [3.8, 4) is 0 Å². The lowest BCUT2D eigenvalue weighted by molar-refractivity contribution is -0.202. The number of alkyl halides is 3. The number of nitrogens with zero attached hydrogens (tertiary/aromatic N) is 2. The summed E-state index contributed by atoms with van der Waals surface area (Å²) in [5.74, 6) is 0.696. The lowest BCUT2D eigenvalue weighted by atomic mass is 9.33. The zero-order valence-corrected chi connectivity index (χ0v) is 30.7. The molecule has 8 heteroatoms. The third-order valence-electron chi connectivity index (χ3n) is 16.2. The Hall–Kier alpha value is -2.35. The molecule has 49 heavy (non-hydrogen) atoms. The summed E-state index contributed by atoms with van der Waals surface area (Å²) in [6.07, 6.45) is 5.39. The quantitative estimate of drug-likeness (QED) is 0.339. The van der Waals surface area contributed by atoms with E-state index in [1.165, 1.54) is 17.7 Å². The van der Waals surface area contributed by atoms with Crippen molar-refractivity contribution in [1.82, 2.24) is 4.90 Å². The van der Waals surface area contributed by atoms with Gasteiger partial charge in [0.15, 0.2) is 5.78 Å². The molecule has 270 valence electrons. The fourth-order valence-corrected chi connectivity index (χ4v) is 12.9. The molecule has 0 unspecified atom stereocenters. The molecule has 4 saturated carbocycles. The number of piperazine rings is 1. The van der Waals surface area contributed by atoms with Gasteiger partial charge in [0.25, 0.3) is 0 Å². The van der Waals surface area contributed by atoms with E-state index in [0.29, 0.717) is 32.6 Å². The van der Waals surface area contributed by atoms with Gasteiger partial charge in [-0.25, -0.2) is 0 Å². The number of anilines is 1. The van der Waals surface area contributed by atoms with Gasteiger partial charge in [0.1, 0.15) is 0 Å². The summed E-state index contributed by atoms with van der Waals surface area (Å²) in [6, 6.07) is 5.71. The fraction of sp³-hybridized carbons (Fsp3) is 0.756. The third kappa shape index (κ3) is 4.94. The number of hydrogen-bond acceptors (Lipinski definition) is 4. The van der Waals surface area contributed by atoms with E-state index in [4.69, 9.17) is 0 Å². The largest absolute Gasteiger partial charge is 0.418 e. The van der Waals surface area contributed by atoms with Crippen molar-refractivity contribution in [2.75, 3.05) is 31.1 Å². The Balaban J connectivity index is 1.15. The Morgan fingerprint density at radius 2 is 1.51 bits per heavy atom. The molecule has 1 saturated heterocycles. The number of hydrogen-bond donors (Lipinski definition) is 1. The molecule has 1 amide bonds. The van der Waals surface area contributed by atoms with Crippen LogP contribution in [-0.2, 0) is 15.8 Å². The molecule has 9 atom stereocenters. The van der Waals surface area contributed by atoms with Gasteiger partial charge >= 0.3 is 6.18 Å². The molecule has 5 aliphatic carbocycles. The van der Waals surface area contributed by atoms with Crippen LogP contribution in [0.1, 0.15) is 112 Å². The van der Waals surface area contributed by atoms with Crippen molar-refractivity contribution in [2.45, 2.75) is 119 Å². The Labute approximate surface area is 291 Å². The normalized spacial score (nSPS) is 43.5. The molecule has 6 aliphatic rings. The van der Waals surface area contributed by atoms with E-state index in [2.05, 4.69) is 48.5 Å². The molecule has 5 nitrogen and oxygen atoms in total. The maximum Gasteiger partial charge on any atom is 0.418 e. The number of carbonyl (C=O) groups is 2. The van der Waals surface area contributed by atoms with Crippen LogP contribution in [0.5, 0.6) is 0 Å². The summed E-state index contributed by atoms with van der Waals surface area (Å²) in [7, 11) is 0. The SMILES string of the molecule is CC1(C)[C@@H](O)CC[C@]2(C)[C@H]3C(=O)C=C4[C@@H]5C[C@@](C)(C(=O)N6CCN(c7ccccc7C(F)(F)F)CC6)CC[C@]5(C)CC[C@@]4(C)[C@]3(C)CC[C@@H]12. The van der Waals surface area contributed by atoms with Gasteiger partial charge < -0.3 is 14.9 Å². The molecule has 1 aromatic rings. The smallest absolute Gasteiger partial charge is 0.393 e. The minimum absolute atomic E-state index is 0.0205. The zero-order chi connectivity index (χ0) is 35.6. The number of carbonyl (C=O) groups excluding carboxylic acids is 2. The summed E-state index contributed by atoms with van der Waals surface area (Å²) < 4.78 is 41.3. The summed E-state index contributed by atoms with van der Waals surface area (Å²) in [5, 5.41) is 11.0. The fourth-order valence-electron chi connectivity index (χ4n) is 12.9. The summed E-state index contributed by atoms with van der Waals surface area (Å²) >= 11 is 0. The number of benzene rings is 1. The molecule has 0 aromatic heterocycles. The number of allylic oxidation sites excluding steroid dienone is 2. The van der Waals surface area contributed by atoms with E-state index in [9.17, 15) is 27.9 Å². The Kier molecular flexibility index (Phi) is 7.93. The van der Waals surface area contributed by atoms with Crippen LogP contribution >= 0.6 is 0 Å².